The lowest BCUT2D eigenvalue weighted by Crippen LogP contribution is -2.29. The third-order valence-electron chi connectivity index (χ3n) is 1.82. The van der Waals surface area contributed by atoms with Crippen LogP contribution in [0.4, 0.5) is 0 Å². The molecule has 3 N–H and O–H groups in total. The summed E-state index contributed by atoms with van der Waals surface area (Å²) < 4.78 is 0. The standard InChI is InChI=1S/C6H12N2/c1-5-3-6(5,2)4-8-7/h3,8H,4,7H2,1-2H3. The number of hydrogen-bond donors (Lipinski definition) is 2. The molecule has 46 valence electrons. The normalized spacial score (nSPS) is 34.6. The summed E-state index contributed by atoms with van der Waals surface area (Å²) in [5.41, 5.74) is 4.40. The second kappa shape index (κ2) is 1.57. The molecule has 0 saturated carbocycles. The largest absolute Gasteiger partial charge is 0.271 e. The quantitative estimate of drug-likeness (QED) is 0.308. The van der Waals surface area contributed by atoms with Gasteiger partial charge in [0.05, 0.1) is 0 Å². The zero-order valence-electron chi connectivity index (χ0n) is 5.36. The molecule has 2 nitrogen and oxygen atoms in total. The van der Waals surface area contributed by atoms with Crippen molar-refractivity contribution in [1.29, 1.82) is 0 Å². The number of hydrazine groups is 1. The molecule has 0 aromatic heterocycles. The van der Waals surface area contributed by atoms with Crippen molar-refractivity contribution < 1.29 is 0 Å². The van der Waals surface area contributed by atoms with Crippen LogP contribution in [0.5, 0.6) is 0 Å². The van der Waals surface area contributed by atoms with Gasteiger partial charge in [-0.25, -0.2) is 0 Å². The Kier molecular flexibility index (Phi) is 1.14. The van der Waals surface area contributed by atoms with Crippen LogP contribution < -0.4 is 11.3 Å². The highest BCUT2D eigenvalue weighted by atomic mass is 15.2. The van der Waals surface area contributed by atoms with E-state index in [0.717, 1.165) is 6.54 Å². The van der Waals surface area contributed by atoms with Crippen LogP contribution in [0, 0.1) is 5.41 Å². The lowest BCUT2D eigenvalue weighted by molar-refractivity contribution is 0.542. The Morgan fingerprint density at radius 1 is 1.88 bits per heavy atom. The van der Waals surface area contributed by atoms with Crippen molar-refractivity contribution in [3.8, 4) is 0 Å². The monoisotopic (exact) mass is 112 g/mol. The van der Waals surface area contributed by atoms with E-state index in [0.29, 0.717) is 5.41 Å². The lowest BCUT2D eigenvalue weighted by Gasteiger charge is -2.07. The molecule has 0 amide bonds. The predicted molar refractivity (Wildman–Crippen MR) is 34.1 cm³/mol. The molecule has 0 radical (unpaired) electrons. The van der Waals surface area contributed by atoms with E-state index < -0.39 is 0 Å². The van der Waals surface area contributed by atoms with Crippen molar-refractivity contribution in [3.05, 3.63) is 11.6 Å². The molecule has 1 aliphatic rings. The smallest absolute Gasteiger partial charge is 0.0224 e. The fourth-order valence-corrected chi connectivity index (χ4v) is 0.844. The van der Waals surface area contributed by atoms with Crippen molar-refractivity contribution >= 4 is 0 Å². The third kappa shape index (κ3) is 0.767. The van der Waals surface area contributed by atoms with Crippen LogP contribution in [0.25, 0.3) is 0 Å². The fraction of sp³-hybridized carbons (Fsp3) is 0.667. The molecule has 0 heterocycles. The van der Waals surface area contributed by atoms with E-state index in [2.05, 4.69) is 25.3 Å². The number of rotatable bonds is 2. The highest BCUT2D eigenvalue weighted by Gasteiger charge is 2.34. The summed E-state index contributed by atoms with van der Waals surface area (Å²) in [6.45, 7) is 5.17. The fourth-order valence-electron chi connectivity index (χ4n) is 0.844. The first-order valence-corrected chi connectivity index (χ1v) is 2.82. The first-order valence-electron chi connectivity index (χ1n) is 2.82. The van der Waals surface area contributed by atoms with E-state index in [1.807, 2.05) is 0 Å². The zero-order chi connectivity index (χ0) is 6.20. The minimum absolute atomic E-state index is 0.314. The van der Waals surface area contributed by atoms with Gasteiger partial charge >= 0.3 is 0 Å². The maximum atomic E-state index is 5.13. The minimum atomic E-state index is 0.314. The van der Waals surface area contributed by atoms with E-state index >= 15 is 0 Å². The van der Waals surface area contributed by atoms with Gasteiger partial charge in [0, 0.05) is 12.0 Å². The summed E-state index contributed by atoms with van der Waals surface area (Å²) >= 11 is 0. The molecule has 1 aliphatic carbocycles. The average Bonchev–Trinajstić information content (AvgIpc) is 2.16. The summed E-state index contributed by atoms with van der Waals surface area (Å²) in [5.74, 6) is 5.13. The second-order valence-corrected chi connectivity index (χ2v) is 2.63. The third-order valence-corrected chi connectivity index (χ3v) is 1.82. The molecular weight excluding hydrogens is 100 g/mol. The molecular formula is C6H12N2. The van der Waals surface area contributed by atoms with Gasteiger partial charge in [0.15, 0.2) is 0 Å². The molecule has 1 rings (SSSR count). The lowest BCUT2D eigenvalue weighted by atomic mass is 10.1. The highest BCUT2D eigenvalue weighted by Crippen LogP contribution is 2.41. The Morgan fingerprint density at radius 2 is 2.38 bits per heavy atom. The van der Waals surface area contributed by atoms with Gasteiger partial charge in [-0.05, 0) is 6.92 Å². The van der Waals surface area contributed by atoms with E-state index in [1.165, 1.54) is 5.57 Å². The topological polar surface area (TPSA) is 38.0 Å². The number of nitrogens with one attached hydrogen (secondary N) is 1. The van der Waals surface area contributed by atoms with Crippen molar-refractivity contribution in [2.45, 2.75) is 13.8 Å². The minimum Gasteiger partial charge on any atom is -0.271 e. The average molecular weight is 112 g/mol. The Hall–Kier alpha value is -0.340. The summed E-state index contributed by atoms with van der Waals surface area (Å²) in [4.78, 5) is 0. The predicted octanol–water partition coefficient (Wildman–Crippen LogP) is 0.416. The van der Waals surface area contributed by atoms with Crippen LogP contribution in [0.15, 0.2) is 11.6 Å². The molecule has 0 fully saturated rings. The zero-order valence-corrected chi connectivity index (χ0v) is 5.36. The van der Waals surface area contributed by atoms with Gasteiger partial charge in [0.25, 0.3) is 0 Å². The number of hydrogen-bond acceptors (Lipinski definition) is 2. The van der Waals surface area contributed by atoms with Crippen LogP contribution in [-0.2, 0) is 0 Å². The van der Waals surface area contributed by atoms with E-state index in [9.17, 15) is 0 Å². The Bertz CT molecular complexity index is 128. The first-order chi connectivity index (χ1) is 3.69. The van der Waals surface area contributed by atoms with Crippen molar-refractivity contribution in [2.75, 3.05) is 6.54 Å². The van der Waals surface area contributed by atoms with Crippen LogP contribution in [-0.4, -0.2) is 6.54 Å². The summed E-state index contributed by atoms with van der Waals surface area (Å²) in [6.07, 6.45) is 2.22. The maximum absolute atomic E-state index is 5.13. The first kappa shape index (κ1) is 5.79. The van der Waals surface area contributed by atoms with Crippen molar-refractivity contribution in [3.63, 3.8) is 0 Å². The van der Waals surface area contributed by atoms with Crippen molar-refractivity contribution in [2.24, 2.45) is 11.3 Å². The summed E-state index contributed by atoms with van der Waals surface area (Å²) in [5, 5.41) is 0. The molecule has 8 heavy (non-hydrogen) atoms. The highest BCUT2D eigenvalue weighted by molar-refractivity contribution is 5.35. The maximum Gasteiger partial charge on any atom is 0.0224 e. The van der Waals surface area contributed by atoms with Gasteiger partial charge in [-0.2, -0.15) is 0 Å². The van der Waals surface area contributed by atoms with Crippen LogP contribution in [0.1, 0.15) is 13.8 Å². The molecule has 0 aromatic carbocycles. The van der Waals surface area contributed by atoms with Gasteiger partial charge in [0.2, 0.25) is 0 Å². The molecule has 1 atom stereocenters. The molecule has 2 heteroatoms. The second-order valence-electron chi connectivity index (χ2n) is 2.63. The van der Waals surface area contributed by atoms with Crippen LogP contribution >= 0.6 is 0 Å². The Morgan fingerprint density at radius 3 is 2.50 bits per heavy atom. The molecule has 0 aromatic rings. The van der Waals surface area contributed by atoms with E-state index in [1.54, 1.807) is 0 Å². The van der Waals surface area contributed by atoms with Crippen molar-refractivity contribution in [1.82, 2.24) is 5.43 Å². The van der Waals surface area contributed by atoms with Gasteiger partial charge in [-0.15, -0.1) is 0 Å². The number of nitrogens with two attached hydrogens (primary N) is 1. The molecule has 0 saturated heterocycles. The molecule has 0 bridgehead atoms. The molecule has 0 spiro atoms. The SMILES string of the molecule is CC1=CC1(C)CNN. The Balaban J connectivity index is 2.29. The molecule has 1 unspecified atom stereocenters. The molecule has 0 aliphatic heterocycles. The van der Waals surface area contributed by atoms with Gasteiger partial charge in [-0.3, -0.25) is 11.3 Å². The van der Waals surface area contributed by atoms with Gasteiger partial charge in [0.1, 0.15) is 0 Å². The van der Waals surface area contributed by atoms with Crippen LogP contribution in [0.2, 0.25) is 0 Å². The summed E-state index contributed by atoms with van der Waals surface area (Å²) in [6, 6.07) is 0. The van der Waals surface area contributed by atoms with Gasteiger partial charge in [-0.1, -0.05) is 18.6 Å². The van der Waals surface area contributed by atoms with E-state index in [-0.39, 0.29) is 0 Å². The van der Waals surface area contributed by atoms with Crippen LogP contribution in [0.3, 0.4) is 0 Å². The Labute approximate surface area is 49.7 Å². The summed E-state index contributed by atoms with van der Waals surface area (Å²) in [7, 11) is 0. The van der Waals surface area contributed by atoms with Gasteiger partial charge < -0.3 is 0 Å². The van der Waals surface area contributed by atoms with E-state index in [4.69, 9.17) is 5.84 Å².